The minimum absolute atomic E-state index is 0.179. The Hall–Kier alpha value is -1.34. The molecule has 0 saturated carbocycles. The van der Waals surface area contributed by atoms with E-state index in [1.54, 1.807) is 0 Å². The summed E-state index contributed by atoms with van der Waals surface area (Å²) in [6, 6.07) is 2.21. The van der Waals surface area contributed by atoms with Crippen molar-refractivity contribution in [3.63, 3.8) is 0 Å². The monoisotopic (exact) mass is 218 g/mol. The van der Waals surface area contributed by atoms with E-state index in [1.165, 1.54) is 12.8 Å². The zero-order valence-corrected chi connectivity index (χ0v) is 10.2. The van der Waals surface area contributed by atoms with Crippen LogP contribution in [0, 0.1) is 11.3 Å². The average Bonchev–Trinajstić information content (AvgIpc) is 2.68. The maximum absolute atomic E-state index is 9.10. The summed E-state index contributed by atoms with van der Waals surface area (Å²) in [5, 5.41) is 12.4. The van der Waals surface area contributed by atoms with Crippen molar-refractivity contribution in [2.75, 3.05) is 7.05 Å². The van der Waals surface area contributed by atoms with Crippen LogP contribution in [0.2, 0.25) is 0 Å². The highest BCUT2D eigenvalue weighted by Crippen LogP contribution is 2.26. The van der Waals surface area contributed by atoms with E-state index in [9.17, 15) is 0 Å². The molecule has 2 rings (SSSR count). The van der Waals surface area contributed by atoms with Gasteiger partial charge in [-0.1, -0.05) is 0 Å². The molecule has 1 aromatic heterocycles. The number of fused-ring (bicyclic) bond motifs is 1. The Morgan fingerprint density at radius 1 is 1.44 bits per heavy atom. The molecule has 0 amide bonds. The van der Waals surface area contributed by atoms with Crippen LogP contribution in [0.15, 0.2) is 0 Å². The van der Waals surface area contributed by atoms with E-state index >= 15 is 0 Å². The summed E-state index contributed by atoms with van der Waals surface area (Å²) >= 11 is 0. The van der Waals surface area contributed by atoms with Gasteiger partial charge in [-0.2, -0.15) is 5.26 Å². The fourth-order valence-corrected chi connectivity index (χ4v) is 2.22. The summed E-state index contributed by atoms with van der Waals surface area (Å²) < 4.78 is 2.22. The molecular formula is C12H18N4. The smallest absolute Gasteiger partial charge is 0.162 e. The van der Waals surface area contributed by atoms with Gasteiger partial charge in [-0.15, -0.1) is 0 Å². The fraction of sp³-hybridized carbons (Fsp3) is 0.667. The summed E-state index contributed by atoms with van der Waals surface area (Å²) in [6.07, 6.45) is 3.33. The standard InChI is InChI=1S/C12H18N4/c1-12(2,14-3)11-15-9(8-13)10-6-4-5-7-16(10)11/h14H,4-7H2,1-3H3. The van der Waals surface area contributed by atoms with E-state index in [1.807, 2.05) is 7.05 Å². The molecule has 0 spiro atoms. The van der Waals surface area contributed by atoms with Crippen molar-refractivity contribution in [2.45, 2.75) is 45.2 Å². The average molecular weight is 218 g/mol. The molecule has 4 nitrogen and oxygen atoms in total. The molecule has 4 heteroatoms. The van der Waals surface area contributed by atoms with Gasteiger partial charge in [0.25, 0.3) is 0 Å². The van der Waals surface area contributed by atoms with Crippen LogP contribution in [-0.4, -0.2) is 16.6 Å². The molecule has 0 bridgehead atoms. The number of hydrogen-bond acceptors (Lipinski definition) is 3. The zero-order valence-electron chi connectivity index (χ0n) is 10.2. The predicted molar refractivity (Wildman–Crippen MR) is 62.0 cm³/mol. The van der Waals surface area contributed by atoms with Gasteiger partial charge in [0.1, 0.15) is 11.9 Å². The number of nitrogens with zero attached hydrogens (tertiary/aromatic N) is 3. The minimum atomic E-state index is -0.179. The highest BCUT2D eigenvalue weighted by atomic mass is 15.2. The van der Waals surface area contributed by atoms with E-state index in [0.717, 1.165) is 24.5 Å². The van der Waals surface area contributed by atoms with Crippen molar-refractivity contribution < 1.29 is 0 Å². The molecule has 0 fully saturated rings. The molecule has 0 atom stereocenters. The number of hydrogen-bond donors (Lipinski definition) is 1. The lowest BCUT2D eigenvalue weighted by atomic mass is 10.0. The molecule has 2 heterocycles. The Labute approximate surface area is 96.3 Å². The van der Waals surface area contributed by atoms with Gasteiger partial charge < -0.3 is 9.88 Å². The van der Waals surface area contributed by atoms with E-state index < -0.39 is 0 Å². The molecule has 0 radical (unpaired) electrons. The van der Waals surface area contributed by atoms with Gasteiger partial charge in [0.15, 0.2) is 5.69 Å². The highest BCUT2D eigenvalue weighted by molar-refractivity contribution is 5.32. The van der Waals surface area contributed by atoms with Crippen LogP contribution in [0.25, 0.3) is 0 Å². The quantitative estimate of drug-likeness (QED) is 0.819. The van der Waals surface area contributed by atoms with Crippen LogP contribution in [0.5, 0.6) is 0 Å². The van der Waals surface area contributed by atoms with Crippen molar-refractivity contribution in [1.29, 1.82) is 5.26 Å². The van der Waals surface area contributed by atoms with Crippen molar-refractivity contribution in [1.82, 2.24) is 14.9 Å². The second-order valence-corrected chi connectivity index (χ2v) is 4.83. The molecule has 1 aliphatic rings. The van der Waals surface area contributed by atoms with Crippen LogP contribution in [0.1, 0.15) is 43.9 Å². The lowest BCUT2D eigenvalue weighted by molar-refractivity contribution is 0.380. The number of nitriles is 1. The Morgan fingerprint density at radius 3 is 2.81 bits per heavy atom. The molecule has 1 N–H and O–H groups in total. The first kappa shape index (κ1) is 11.2. The van der Waals surface area contributed by atoms with Crippen LogP contribution >= 0.6 is 0 Å². The Bertz CT molecular complexity index is 437. The van der Waals surface area contributed by atoms with Gasteiger partial charge in [-0.05, 0) is 40.2 Å². The van der Waals surface area contributed by atoms with E-state index in [0.29, 0.717) is 5.69 Å². The lowest BCUT2D eigenvalue weighted by Gasteiger charge is -2.26. The summed E-state index contributed by atoms with van der Waals surface area (Å²) in [5.41, 5.74) is 1.55. The van der Waals surface area contributed by atoms with E-state index in [4.69, 9.17) is 5.26 Å². The number of aromatic nitrogens is 2. The van der Waals surface area contributed by atoms with Crippen LogP contribution in [-0.2, 0) is 18.5 Å². The number of imidazole rings is 1. The normalized spacial score (nSPS) is 15.6. The van der Waals surface area contributed by atoms with Crippen molar-refractivity contribution >= 4 is 0 Å². The first-order chi connectivity index (χ1) is 7.60. The van der Waals surface area contributed by atoms with Crippen LogP contribution < -0.4 is 5.32 Å². The molecule has 0 unspecified atom stereocenters. The summed E-state index contributed by atoms with van der Waals surface area (Å²) in [4.78, 5) is 4.49. The Balaban J connectivity index is 2.55. The zero-order chi connectivity index (χ0) is 11.8. The van der Waals surface area contributed by atoms with E-state index in [2.05, 4.69) is 34.8 Å². The molecule has 0 saturated heterocycles. The van der Waals surface area contributed by atoms with Gasteiger partial charge in [0, 0.05) is 6.54 Å². The Kier molecular flexibility index (Phi) is 2.73. The fourth-order valence-electron chi connectivity index (χ4n) is 2.22. The third-order valence-corrected chi connectivity index (χ3v) is 3.41. The maximum Gasteiger partial charge on any atom is 0.162 e. The predicted octanol–water partition coefficient (Wildman–Crippen LogP) is 1.55. The largest absolute Gasteiger partial charge is 0.329 e. The van der Waals surface area contributed by atoms with Crippen LogP contribution in [0.3, 0.4) is 0 Å². The molecule has 86 valence electrons. The van der Waals surface area contributed by atoms with Gasteiger partial charge >= 0.3 is 0 Å². The summed E-state index contributed by atoms with van der Waals surface area (Å²) in [5.74, 6) is 0.987. The van der Waals surface area contributed by atoms with Gasteiger partial charge in [-0.3, -0.25) is 0 Å². The van der Waals surface area contributed by atoms with Gasteiger partial charge in [-0.25, -0.2) is 4.98 Å². The molecule has 0 aliphatic carbocycles. The highest BCUT2D eigenvalue weighted by Gasteiger charge is 2.29. The van der Waals surface area contributed by atoms with Crippen molar-refractivity contribution in [2.24, 2.45) is 0 Å². The van der Waals surface area contributed by atoms with Gasteiger partial charge in [0.2, 0.25) is 0 Å². The molecule has 1 aromatic rings. The van der Waals surface area contributed by atoms with Crippen molar-refractivity contribution in [3.05, 3.63) is 17.2 Å². The lowest BCUT2D eigenvalue weighted by Crippen LogP contribution is -2.37. The molecular weight excluding hydrogens is 200 g/mol. The molecule has 1 aliphatic heterocycles. The summed E-state index contributed by atoms with van der Waals surface area (Å²) in [6.45, 7) is 5.18. The second kappa shape index (κ2) is 3.91. The van der Waals surface area contributed by atoms with Crippen molar-refractivity contribution in [3.8, 4) is 6.07 Å². The maximum atomic E-state index is 9.10. The third-order valence-electron chi connectivity index (χ3n) is 3.41. The number of nitrogens with one attached hydrogen (secondary N) is 1. The topological polar surface area (TPSA) is 53.6 Å². The van der Waals surface area contributed by atoms with Gasteiger partial charge in [0.05, 0.1) is 11.2 Å². The first-order valence-corrected chi connectivity index (χ1v) is 5.79. The van der Waals surface area contributed by atoms with E-state index in [-0.39, 0.29) is 5.54 Å². The number of rotatable bonds is 2. The first-order valence-electron chi connectivity index (χ1n) is 5.79. The minimum Gasteiger partial charge on any atom is -0.329 e. The second-order valence-electron chi connectivity index (χ2n) is 4.83. The van der Waals surface area contributed by atoms with Crippen LogP contribution in [0.4, 0.5) is 0 Å². The third kappa shape index (κ3) is 1.61. The molecule has 16 heavy (non-hydrogen) atoms. The Morgan fingerprint density at radius 2 is 2.19 bits per heavy atom. The SMILES string of the molecule is CNC(C)(C)c1nc(C#N)c2n1CCCC2. The summed E-state index contributed by atoms with van der Waals surface area (Å²) in [7, 11) is 1.93. The molecule has 0 aromatic carbocycles.